The predicted octanol–water partition coefficient (Wildman–Crippen LogP) is 2.16. The molecule has 4 nitrogen and oxygen atoms in total. The number of aliphatic hydroxyl groups excluding tert-OH is 2. The van der Waals surface area contributed by atoms with Gasteiger partial charge in [-0.25, -0.2) is 0 Å². The highest BCUT2D eigenvalue weighted by molar-refractivity contribution is 7.81. The summed E-state index contributed by atoms with van der Waals surface area (Å²) in [7, 11) is 0. The van der Waals surface area contributed by atoms with E-state index in [1.54, 1.807) is 0 Å². The smallest absolute Gasteiger partial charge is 0.108 e. The zero-order valence-electron chi connectivity index (χ0n) is 15.7. The molecule has 28 heavy (non-hydrogen) atoms. The van der Waals surface area contributed by atoms with Crippen LogP contribution >= 0.6 is 24.4 Å². The summed E-state index contributed by atoms with van der Waals surface area (Å²) in [6.07, 6.45) is -0.551. The van der Waals surface area contributed by atoms with E-state index in [2.05, 4.69) is 5.32 Å². The Morgan fingerprint density at radius 1 is 0.929 bits per heavy atom. The minimum Gasteiger partial charge on any atom is -0.387 e. The number of thiocarbonyl (C=S) groups is 2. The summed E-state index contributed by atoms with van der Waals surface area (Å²) in [5, 5.41) is 24.7. The van der Waals surface area contributed by atoms with Crippen molar-refractivity contribution >= 4 is 34.3 Å². The Hall–Kier alpha value is -1.70. The second kappa shape index (κ2) is 10.2. The molecule has 0 amide bonds. The average molecular weight is 415 g/mol. The Kier molecular flexibility index (Phi) is 7.65. The molecule has 1 heterocycles. The standard InChI is InChI=1S/C22H26N2O2S2/c25-19(13-16-7-3-1-4-8-16)21(27)18-15-23-11-12-24(18)22(28)20(26)14-17-9-5-2-6-10-17/h1-10,18-20,23,25-26H,11-15H2. The molecule has 0 spiro atoms. The van der Waals surface area contributed by atoms with Crippen molar-refractivity contribution in [1.82, 2.24) is 10.2 Å². The van der Waals surface area contributed by atoms with Gasteiger partial charge in [0.2, 0.25) is 0 Å². The molecule has 0 bridgehead atoms. The molecule has 0 aromatic heterocycles. The van der Waals surface area contributed by atoms with Crippen molar-refractivity contribution < 1.29 is 10.2 Å². The summed E-state index contributed by atoms with van der Waals surface area (Å²) in [4.78, 5) is 3.03. The van der Waals surface area contributed by atoms with Gasteiger partial charge in [-0.05, 0) is 11.1 Å². The maximum Gasteiger partial charge on any atom is 0.108 e. The predicted molar refractivity (Wildman–Crippen MR) is 121 cm³/mol. The third kappa shape index (κ3) is 5.43. The van der Waals surface area contributed by atoms with Crippen LogP contribution in [-0.2, 0) is 12.8 Å². The van der Waals surface area contributed by atoms with Crippen molar-refractivity contribution in [3.63, 3.8) is 0 Å². The normalized spacial score (nSPS) is 19.1. The summed E-state index contributed by atoms with van der Waals surface area (Å²) in [6.45, 7) is 2.04. The number of hydrogen-bond acceptors (Lipinski definition) is 5. The molecule has 3 N–H and O–H groups in total. The molecule has 3 rings (SSSR count). The summed E-state index contributed by atoms with van der Waals surface area (Å²) in [6, 6.07) is 19.4. The van der Waals surface area contributed by atoms with Gasteiger partial charge < -0.3 is 20.4 Å². The van der Waals surface area contributed by atoms with Crippen LogP contribution in [0.4, 0.5) is 0 Å². The van der Waals surface area contributed by atoms with Crippen LogP contribution in [0.25, 0.3) is 0 Å². The minimum absolute atomic E-state index is 0.208. The van der Waals surface area contributed by atoms with Gasteiger partial charge in [-0.1, -0.05) is 85.1 Å². The van der Waals surface area contributed by atoms with Crippen molar-refractivity contribution in [2.75, 3.05) is 19.6 Å². The second-order valence-corrected chi connectivity index (χ2v) is 7.95. The van der Waals surface area contributed by atoms with Gasteiger partial charge in [0.1, 0.15) is 11.1 Å². The number of benzene rings is 2. The van der Waals surface area contributed by atoms with E-state index in [0.29, 0.717) is 35.8 Å². The first-order chi connectivity index (χ1) is 13.6. The Labute approximate surface area is 177 Å². The summed E-state index contributed by atoms with van der Waals surface area (Å²) < 4.78 is 0. The SMILES string of the molecule is OC(Cc1ccccc1)C(=S)C1CNCCN1C(=S)C(O)Cc1ccccc1. The molecule has 3 atom stereocenters. The highest BCUT2D eigenvalue weighted by Gasteiger charge is 2.33. The lowest BCUT2D eigenvalue weighted by Crippen LogP contribution is -2.60. The van der Waals surface area contributed by atoms with Crippen molar-refractivity contribution in [3.8, 4) is 0 Å². The molecule has 1 fully saturated rings. The number of aliphatic hydroxyl groups is 2. The highest BCUT2D eigenvalue weighted by Crippen LogP contribution is 2.16. The summed E-state index contributed by atoms with van der Waals surface area (Å²) in [5.41, 5.74) is 2.08. The van der Waals surface area contributed by atoms with Crippen LogP contribution in [0.5, 0.6) is 0 Å². The van der Waals surface area contributed by atoms with Crippen LogP contribution in [0.2, 0.25) is 0 Å². The van der Waals surface area contributed by atoms with E-state index in [1.807, 2.05) is 65.6 Å². The van der Waals surface area contributed by atoms with Gasteiger partial charge >= 0.3 is 0 Å². The van der Waals surface area contributed by atoms with E-state index < -0.39 is 12.2 Å². The zero-order chi connectivity index (χ0) is 19.9. The summed E-state index contributed by atoms with van der Waals surface area (Å²) in [5.74, 6) is 0. The molecule has 1 aliphatic heterocycles. The van der Waals surface area contributed by atoms with E-state index in [0.717, 1.165) is 17.7 Å². The molecule has 3 unspecified atom stereocenters. The lowest BCUT2D eigenvalue weighted by molar-refractivity contribution is 0.200. The summed E-state index contributed by atoms with van der Waals surface area (Å²) >= 11 is 11.3. The average Bonchev–Trinajstić information content (AvgIpc) is 2.74. The van der Waals surface area contributed by atoms with Crippen LogP contribution in [0.15, 0.2) is 60.7 Å². The molecule has 0 aliphatic carbocycles. The first-order valence-corrected chi connectivity index (χ1v) is 10.4. The first-order valence-electron chi connectivity index (χ1n) is 9.55. The Morgan fingerprint density at radius 3 is 2.04 bits per heavy atom. The third-order valence-electron chi connectivity index (χ3n) is 5.01. The largest absolute Gasteiger partial charge is 0.387 e. The van der Waals surface area contributed by atoms with Crippen molar-refractivity contribution in [1.29, 1.82) is 0 Å². The molecular weight excluding hydrogens is 388 g/mol. The van der Waals surface area contributed by atoms with Gasteiger partial charge in [-0.2, -0.15) is 0 Å². The minimum atomic E-state index is -0.757. The molecule has 0 saturated carbocycles. The van der Waals surface area contributed by atoms with Gasteiger partial charge in [0.05, 0.1) is 12.1 Å². The number of piperazine rings is 1. The maximum absolute atomic E-state index is 10.7. The molecule has 2 aromatic carbocycles. The number of hydrogen-bond donors (Lipinski definition) is 3. The highest BCUT2D eigenvalue weighted by atomic mass is 32.1. The first kappa shape index (κ1) is 21.0. The van der Waals surface area contributed by atoms with Crippen LogP contribution in [-0.4, -0.2) is 62.9 Å². The van der Waals surface area contributed by atoms with Crippen LogP contribution < -0.4 is 5.32 Å². The van der Waals surface area contributed by atoms with E-state index in [1.165, 1.54) is 0 Å². The van der Waals surface area contributed by atoms with E-state index in [4.69, 9.17) is 24.4 Å². The van der Waals surface area contributed by atoms with Crippen LogP contribution in [0.3, 0.4) is 0 Å². The van der Waals surface area contributed by atoms with Gasteiger partial charge in [0.25, 0.3) is 0 Å². The molecule has 148 valence electrons. The fourth-order valence-corrected chi connectivity index (χ4v) is 4.09. The maximum atomic E-state index is 10.7. The lowest BCUT2D eigenvalue weighted by Gasteiger charge is -2.40. The van der Waals surface area contributed by atoms with Gasteiger partial charge in [-0.3, -0.25) is 0 Å². The second-order valence-electron chi connectivity index (χ2n) is 7.06. The Morgan fingerprint density at radius 2 is 1.46 bits per heavy atom. The fourth-order valence-electron chi connectivity index (χ4n) is 3.50. The molecule has 6 heteroatoms. The number of nitrogens with one attached hydrogen (secondary N) is 1. The Bertz CT molecular complexity index is 718. The quantitative estimate of drug-likeness (QED) is 0.604. The molecule has 0 radical (unpaired) electrons. The van der Waals surface area contributed by atoms with E-state index in [9.17, 15) is 10.2 Å². The van der Waals surface area contributed by atoms with Crippen molar-refractivity contribution in [2.45, 2.75) is 31.1 Å². The molecule has 1 saturated heterocycles. The topological polar surface area (TPSA) is 55.7 Å². The zero-order valence-corrected chi connectivity index (χ0v) is 17.3. The van der Waals surface area contributed by atoms with Gasteiger partial charge in [-0.15, -0.1) is 0 Å². The van der Waals surface area contributed by atoms with Gasteiger partial charge in [0, 0.05) is 37.3 Å². The number of rotatable bonds is 7. The lowest BCUT2D eigenvalue weighted by atomic mass is 9.98. The Balaban J connectivity index is 1.66. The number of nitrogens with zero attached hydrogens (tertiary/aromatic N) is 1. The third-order valence-corrected chi connectivity index (χ3v) is 6.06. The van der Waals surface area contributed by atoms with Gasteiger partial charge in [0.15, 0.2) is 0 Å². The van der Waals surface area contributed by atoms with Crippen LogP contribution in [0.1, 0.15) is 11.1 Å². The van der Waals surface area contributed by atoms with E-state index >= 15 is 0 Å². The molecule has 1 aliphatic rings. The van der Waals surface area contributed by atoms with Crippen molar-refractivity contribution in [3.05, 3.63) is 71.8 Å². The monoisotopic (exact) mass is 414 g/mol. The fraction of sp³-hybridized carbons (Fsp3) is 0.364. The van der Waals surface area contributed by atoms with Crippen molar-refractivity contribution in [2.24, 2.45) is 0 Å². The van der Waals surface area contributed by atoms with E-state index in [-0.39, 0.29) is 6.04 Å². The molecule has 2 aromatic rings. The van der Waals surface area contributed by atoms with Crippen LogP contribution in [0, 0.1) is 0 Å². The molecular formula is C22H26N2O2S2.